The van der Waals surface area contributed by atoms with E-state index in [2.05, 4.69) is 21.2 Å². The highest BCUT2D eigenvalue weighted by Crippen LogP contribution is 2.30. The van der Waals surface area contributed by atoms with Crippen LogP contribution in [0.15, 0.2) is 95.5 Å². The normalized spacial score (nSPS) is 10.5. The number of anilines is 1. The topological polar surface area (TPSA) is 90.7 Å². The zero-order chi connectivity index (χ0) is 24.8. The van der Waals surface area contributed by atoms with Crippen molar-refractivity contribution < 1.29 is 19.2 Å². The minimum absolute atomic E-state index is 0.193. The summed E-state index contributed by atoms with van der Waals surface area (Å²) in [5.74, 6) is 1.08. The van der Waals surface area contributed by atoms with Gasteiger partial charge in [-0.05, 0) is 61.0 Å². The van der Waals surface area contributed by atoms with E-state index in [1.54, 1.807) is 36.4 Å². The zero-order valence-electron chi connectivity index (χ0n) is 18.7. The summed E-state index contributed by atoms with van der Waals surface area (Å²) in [6.45, 7) is 2.24. The van der Waals surface area contributed by atoms with Gasteiger partial charge in [0.25, 0.3) is 11.6 Å². The molecule has 35 heavy (non-hydrogen) atoms. The van der Waals surface area contributed by atoms with Crippen molar-refractivity contribution in [1.29, 1.82) is 0 Å². The molecule has 0 atom stereocenters. The van der Waals surface area contributed by atoms with Crippen molar-refractivity contribution >= 4 is 33.2 Å². The lowest BCUT2D eigenvalue weighted by atomic mass is 10.1. The average molecular weight is 533 g/mol. The number of nitro benzene ring substituents is 1. The number of carbonyl (C=O) groups is 1. The molecule has 0 saturated carbocycles. The van der Waals surface area contributed by atoms with E-state index in [4.69, 9.17) is 9.47 Å². The van der Waals surface area contributed by atoms with Crippen molar-refractivity contribution in [1.82, 2.24) is 0 Å². The van der Waals surface area contributed by atoms with Crippen LogP contribution in [0.4, 0.5) is 11.4 Å². The molecule has 4 aromatic rings. The molecule has 0 bridgehead atoms. The van der Waals surface area contributed by atoms with Gasteiger partial charge in [0.15, 0.2) is 0 Å². The summed E-state index contributed by atoms with van der Waals surface area (Å²) in [6.07, 6.45) is 0. The fourth-order valence-electron chi connectivity index (χ4n) is 3.27. The van der Waals surface area contributed by atoms with E-state index in [-0.39, 0.29) is 23.7 Å². The number of nitrogens with zero attached hydrogens (tertiary/aromatic N) is 1. The summed E-state index contributed by atoms with van der Waals surface area (Å²) in [5, 5.41) is 14.2. The third kappa shape index (κ3) is 6.68. The van der Waals surface area contributed by atoms with Gasteiger partial charge in [0.1, 0.15) is 23.9 Å². The quantitative estimate of drug-likeness (QED) is 0.190. The van der Waals surface area contributed by atoms with E-state index in [1.165, 1.54) is 12.1 Å². The Morgan fingerprint density at radius 1 is 0.914 bits per heavy atom. The highest BCUT2D eigenvalue weighted by molar-refractivity contribution is 9.10. The van der Waals surface area contributed by atoms with Crippen LogP contribution in [0.1, 0.15) is 21.5 Å². The number of nitrogens with one attached hydrogen (secondary N) is 1. The van der Waals surface area contributed by atoms with Crippen LogP contribution in [-0.4, -0.2) is 10.8 Å². The molecule has 0 aliphatic heterocycles. The number of hydrogen-bond donors (Lipinski definition) is 1. The van der Waals surface area contributed by atoms with Gasteiger partial charge in [0.2, 0.25) is 0 Å². The van der Waals surface area contributed by atoms with Crippen LogP contribution in [0.25, 0.3) is 0 Å². The molecular formula is C27H21BrN2O5. The molecule has 0 spiro atoms. The van der Waals surface area contributed by atoms with Gasteiger partial charge in [-0.15, -0.1) is 0 Å². The second-order valence-electron chi connectivity index (χ2n) is 7.78. The van der Waals surface area contributed by atoms with Crippen molar-refractivity contribution in [2.75, 3.05) is 5.32 Å². The Hall–Kier alpha value is -4.17. The maximum atomic E-state index is 12.9. The Balaban J connectivity index is 1.49. The average Bonchev–Trinajstić information content (AvgIpc) is 2.85. The molecule has 0 radical (unpaired) electrons. The van der Waals surface area contributed by atoms with Crippen LogP contribution in [0.5, 0.6) is 17.2 Å². The Morgan fingerprint density at radius 3 is 2.34 bits per heavy atom. The van der Waals surface area contributed by atoms with E-state index < -0.39 is 10.8 Å². The van der Waals surface area contributed by atoms with Crippen LogP contribution < -0.4 is 14.8 Å². The fraction of sp³-hybridized carbons (Fsp3) is 0.0741. The number of non-ortho nitro benzene ring substituents is 1. The molecule has 7 nitrogen and oxygen atoms in total. The fourth-order valence-corrected chi connectivity index (χ4v) is 3.53. The van der Waals surface area contributed by atoms with Crippen molar-refractivity contribution in [2.24, 2.45) is 0 Å². The standard InChI is InChI=1S/C27H21BrN2O5/c1-18-5-9-25(10-6-18)35-26-15-22(14-23(16-26)30(32)33)29-27(31)20-4-2-3-19(13-20)17-34-24-11-7-21(28)8-12-24/h2-16H,17H2,1H3,(H,29,31). The molecule has 8 heteroatoms. The van der Waals surface area contributed by atoms with Gasteiger partial charge in [0, 0.05) is 22.2 Å². The van der Waals surface area contributed by atoms with Crippen molar-refractivity contribution in [3.63, 3.8) is 0 Å². The summed E-state index contributed by atoms with van der Waals surface area (Å²) < 4.78 is 12.5. The second kappa shape index (κ2) is 10.8. The highest BCUT2D eigenvalue weighted by Gasteiger charge is 2.14. The van der Waals surface area contributed by atoms with E-state index in [1.807, 2.05) is 49.4 Å². The Morgan fingerprint density at radius 2 is 1.63 bits per heavy atom. The highest BCUT2D eigenvalue weighted by atomic mass is 79.9. The first-order chi connectivity index (χ1) is 16.9. The molecule has 1 N–H and O–H groups in total. The molecule has 0 saturated heterocycles. The van der Waals surface area contributed by atoms with Crippen LogP contribution >= 0.6 is 15.9 Å². The van der Waals surface area contributed by atoms with Gasteiger partial charge < -0.3 is 14.8 Å². The first kappa shape index (κ1) is 24.0. The van der Waals surface area contributed by atoms with Crippen LogP contribution in [0.2, 0.25) is 0 Å². The van der Waals surface area contributed by atoms with E-state index >= 15 is 0 Å². The number of carbonyl (C=O) groups excluding carboxylic acids is 1. The second-order valence-corrected chi connectivity index (χ2v) is 8.70. The minimum Gasteiger partial charge on any atom is -0.489 e. The third-order valence-electron chi connectivity index (χ3n) is 5.02. The molecule has 0 aliphatic rings. The maximum Gasteiger partial charge on any atom is 0.275 e. The largest absolute Gasteiger partial charge is 0.489 e. The summed E-state index contributed by atoms with van der Waals surface area (Å²) >= 11 is 3.38. The molecule has 0 aromatic heterocycles. The Kier molecular flexibility index (Phi) is 7.42. The van der Waals surface area contributed by atoms with E-state index in [0.717, 1.165) is 15.6 Å². The van der Waals surface area contributed by atoms with Crippen LogP contribution in [0.3, 0.4) is 0 Å². The number of nitro groups is 1. The van der Waals surface area contributed by atoms with Crippen LogP contribution in [0, 0.1) is 17.0 Å². The summed E-state index contributed by atoms with van der Waals surface area (Å²) in [5.41, 5.74) is 2.33. The van der Waals surface area contributed by atoms with E-state index in [0.29, 0.717) is 17.1 Å². The van der Waals surface area contributed by atoms with Gasteiger partial charge in [0.05, 0.1) is 16.7 Å². The minimum atomic E-state index is -0.530. The predicted molar refractivity (Wildman–Crippen MR) is 137 cm³/mol. The number of amides is 1. The smallest absolute Gasteiger partial charge is 0.275 e. The monoisotopic (exact) mass is 532 g/mol. The molecule has 0 aliphatic carbocycles. The molecule has 0 unspecified atom stereocenters. The molecule has 0 heterocycles. The molecule has 176 valence electrons. The van der Waals surface area contributed by atoms with Gasteiger partial charge in [-0.1, -0.05) is 45.8 Å². The van der Waals surface area contributed by atoms with Crippen molar-refractivity contribution in [2.45, 2.75) is 13.5 Å². The van der Waals surface area contributed by atoms with Gasteiger partial charge in [-0.25, -0.2) is 0 Å². The summed E-state index contributed by atoms with van der Waals surface area (Å²) in [4.78, 5) is 23.8. The number of halogens is 1. The Bertz CT molecular complexity index is 1360. The lowest BCUT2D eigenvalue weighted by Crippen LogP contribution is -2.12. The van der Waals surface area contributed by atoms with Gasteiger partial charge in [-0.3, -0.25) is 14.9 Å². The van der Waals surface area contributed by atoms with Crippen molar-refractivity contribution in [3.05, 3.63) is 122 Å². The third-order valence-corrected chi connectivity index (χ3v) is 5.55. The van der Waals surface area contributed by atoms with Crippen molar-refractivity contribution in [3.8, 4) is 17.2 Å². The van der Waals surface area contributed by atoms with Crippen LogP contribution in [-0.2, 0) is 6.61 Å². The lowest BCUT2D eigenvalue weighted by molar-refractivity contribution is -0.384. The number of rotatable bonds is 8. The summed E-state index contributed by atoms with van der Waals surface area (Å²) in [7, 11) is 0. The first-order valence-corrected chi connectivity index (χ1v) is 11.5. The summed E-state index contributed by atoms with van der Waals surface area (Å²) in [6, 6.07) is 25.9. The maximum absolute atomic E-state index is 12.9. The molecule has 0 fully saturated rings. The first-order valence-electron chi connectivity index (χ1n) is 10.7. The number of hydrogen-bond acceptors (Lipinski definition) is 5. The molecule has 1 amide bonds. The SMILES string of the molecule is Cc1ccc(Oc2cc(NC(=O)c3cccc(COc4ccc(Br)cc4)c3)cc([N+](=O)[O-])c2)cc1. The van der Waals surface area contributed by atoms with Gasteiger partial charge in [-0.2, -0.15) is 0 Å². The van der Waals surface area contributed by atoms with E-state index in [9.17, 15) is 14.9 Å². The zero-order valence-corrected chi connectivity index (χ0v) is 20.3. The molecule has 4 aromatic carbocycles. The molecule has 4 rings (SSSR count). The lowest BCUT2D eigenvalue weighted by Gasteiger charge is -2.11. The number of aryl methyl sites for hydroxylation is 1. The predicted octanol–water partition coefficient (Wildman–Crippen LogP) is 7.29. The Labute approximate surface area is 210 Å². The van der Waals surface area contributed by atoms with Gasteiger partial charge >= 0.3 is 0 Å². The number of ether oxygens (including phenoxy) is 2. The molecular weight excluding hydrogens is 512 g/mol. The number of benzene rings is 4.